The van der Waals surface area contributed by atoms with Gasteiger partial charge in [-0.3, -0.25) is 4.79 Å². The van der Waals surface area contributed by atoms with E-state index in [-0.39, 0.29) is 11.6 Å². The fourth-order valence-corrected chi connectivity index (χ4v) is 1.89. The lowest BCUT2D eigenvalue weighted by Gasteiger charge is -2.19. The second-order valence-electron chi connectivity index (χ2n) is 5.34. The molecule has 1 aliphatic heterocycles. The maximum atomic E-state index is 11.4. The molecule has 1 rings (SSSR count). The molecule has 1 atom stereocenters. The van der Waals surface area contributed by atoms with E-state index in [1.807, 2.05) is 20.8 Å². The van der Waals surface area contributed by atoms with Gasteiger partial charge < -0.3 is 10.1 Å². The third-order valence-electron chi connectivity index (χ3n) is 2.58. The maximum absolute atomic E-state index is 11.4. The minimum Gasteiger partial charge on any atom is -0.460 e. The molecule has 0 radical (unpaired) electrons. The molecule has 88 valence electrons. The van der Waals surface area contributed by atoms with Gasteiger partial charge in [-0.05, 0) is 59.0 Å². The van der Waals surface area contributed by atoms with Gasteiger partial charge in [-0.1, -0.05) is 0 Å². The number of esters is 1. The predicted octanol–water partition coefficient (Wildman–Crippen LogP) is 2.11. The molecule has 1 heterocycles. The minimum absolute atomic E-state index is 0.0616. The molecule has 0 unspecified atom stereocenters. The molecule has 0 aromatic rings. The highest BCUT2D eigenvalue weighted by atomic mass is 16.6. The monoisotopic (exact) mass is 213 g/mol. The Hall–Kier alpha value is -0.570. The summed E-state index contributed by atoms with van der Waals surface area (Å²) in [4.78, 5) is 11.4. The molecular formula is C12H23NO2. The normalized spacial score (nSPS) is 21.7. The van der Waals surface area contributed by atoms with E-state index in [2.05, 4.69) is 5.32 Å². The average molecular weight is 213 g/mol. The van der Waals surface area contributed by atoms with Gasteiger partial charge >= 0.3 is 5.97 Å². The first-order valence-electron chi connectivity index (χ1n) is 5.90. The van der Waals surface area contributed by atoms with Crippen molar-refractivity contribution in [3.8, 4) is 0 Å². The number of ether oxygens (including phenoxy) is 1. The molecule has 0 aromatic carbocycles. The Morgan fingerprint density at radius 1 is 1.47 bits per heavy atom. The van der Waals surface area contributed by atoms with Crippen molar-refractivity contribution in [1.82, 2.24) is 5.32 Å². The Morgan fingerprint density at radius 3 is 2.73 bits per heavy atom. The molecule has 3 heteroatoms. The first-order chi connectivity index (χ1) is 6.97. The quantitative estimate of drug-likeness (QED) is 0.727. The second-order valence-corrected chi connectivity index (χ2v) is 5.34. The van der Waals surface area contributed by atoms with E-state index in [4.69, 9.17) is 4.74 Å². The number of hydrogen-bond acceptors (Lipinski definition) is 3. The fourth-order valence-electron chi connectivity index (χ4n) is 1.89. The van der Waals surface area contributed by atoms with Crippen LogP contribution in [-0.2, 0) is 9.53 Å². The van der Waals surface area contributed by atoms with Crippen LogP contribution >= 0.6 is 0 Å². The third-order valence-corrected chi connectivity index (χ3v) is 2.58. The fraction of sp³-hybridized carbons (Fsp3) is 0.917. The molecule has 0 amide bonds. The van der Waals surface area contributed by atoms with Gasteiger partial charge in [0.2, 0.25) is 0 Å². The van der Waals surface area contributed by atoms with Crippen molar-refractivity contribution in [1.29, 1.82) is 0 Å². The topological polar surface area (TPSA) is 38.3 Å². The third kappa shape index (κ3) is 5.78. The van der Waals surface area contributed by atoms with Crippen molar-refractivity contribution < 1.29 is 9.53 Å². The summed E-state index contributed by atoms with van der Waals surface area (Å²) in [5.41, 5.74) is -0.341. The van der Waals surface area contributed by atoms with Crippen molar-refractivity contribution in [3.05, 3.63) is 0 Å². The highest BCUT2D eigenvalue weighted by molar-refractivity contribution is 5.69. The summed E-state index contributed by atoms with van der Waals surface area (Å²) in [5, 5.41) is 3.33. The van der Waals surface area contributed by atoms with E-state index in [0.717, 1.165) is 31.8 Å². The van der Waals surface area contributed by atoms with Crippen LogP contribution in [0, 0.1) is 5.92 Å². The molecule has 0 bridgehead atoms. The van der Waals surface area contributed by atoms with Crippen LogP contribution in [0.2, 0.25) is 0 Å². The molecule has 1 N–H and O–H groups in total. The van der Waals surface area contributed by atoms with Crippen LogP contribution in [0.15, 0.2) is 0 Å². The number of rotatable bonds is 4. The summed E-state index contributed by atoms with van der Waals surface area (Å²) in [5.74, 6) is 0.709. The standard InChI is InChI=1S/C12H23NO2/c1-12(2,3)15-11(14)6-4-5-10-7-8-13-9-10/h10,13H,4-9H2,1-3H3/t10-/m0/s1. The summed E-state index contributed by atoms with van der Waals surface area (Å²) in [6, 6.07) is 0. The molecule has 0 saturated carbocycles. The van der Waals surface area contributed by atoms with Gasteiger partial charge in [0.05, 0.1) is 0 Å². The summed E-state index contributed by atoms with van der Waals surface area (Å²) in [7, 11) is 0. The van der Waals surface area contributed by atoms with Gasteiger partial charge in [0.1, 0.15) is 5.60 Å². The van der Waals surface area contributed by atoms with Crippen LogP contribution in [0.3, 0.4) is 0 Å². The second kappa shape index (κ2) is 5.50. The first kappa shape index (κ1) is 12.5. The average Bonchev–Trinajstić information content (AvgIpc) is 2.53. The molecule has 1 aliphatic rings. The highest BCUT2D eigenvalue weighted by Crippen LogP contribution is 2.16. The summed E-state index contributed by atoms with van der Waals surface area (Å²) >= 11 is 0. The van der Waals surface area contributed by atoms with Crippen LogP contribution in [0.5, 0.6) is 0 Å². The van der Waals surface area contributed by atoms with Gasteiger partial charge in [-0.15, -0.1) is 0 Å². The Balaban J connectivity index is 2.06. The van der Waals surface area contributed by atoms with Crippen molar-refractivity contribution in [2.75, 3.05) is 13.1 Å². The molecule has 15 heavy (non-hydrogen) atoms. The zero-order chi connectivity index (χ0) is 11.3. The summed E-state index contributed by atoms with van der Waals surface area (Å²) in [6.07, 6.45) is 3.93. The Bertz CT molecular complexity index is 202. The first-order valence-corrected chi connectivity index (χ1v) is 5.90. The van der Waals surface area contributed by atoms with E-state index in [9.17, 15) is 4.79 Å². The zero-order valence-electron chi connectivity index (χ0n) is 10.1. The molecule has 3 nitrogen and oxygen atoms in total. The highest BCUT2D eigenvalue weighted by Gasteiger charge is 2.17. The van der Waals surface area contributed by atoms with Crippen molar-refractivity contribution in [2.45, 2.75) is 52.1 Å². The molecule has 0 aromatic heterocycles. The van der Waals surface area contributed by atoms with E-state index >= 15 is 0 Å². The van der Waals surface area contributed by atoms with Crippen LogP contribution in [0.4, 0.5) is 0 Å². The Morgan fingerprint density at radius 2 is 2.20 bits per heavy atom. The lowest BCUT2D eigenvalue weighted by molar-refractivity contribution is -0.154. The van der Waals surface area contributed by atoms with Crippen LogP contribution in [0.1, 0.15) is 46.5 Å². The molecular weight excluding hydrogens is 190 g/mol. The Labute approximate surface area is 92.6 Å². The number of carbonyl (C=O) groups is 1. The van der Waals surface area contributed by atoms with Crippen molar-refractivity contribution in [2.24, 2.45) is 5.92 Å². The summed E-state index contributed by atoms with van der Waals surface area (Å²) < 4.78 is 5.25. The summed E-state index contributed by atoms with van der Waals surface area (Å²) in [6.45, 7) is 7.98. The molecule has 0 aliphatic carbocycles. The lowest BCUT2D eigenvalue weighted by atomic mass is 10.0. The van der Waals surface area contributed by atoms with E-state index in [1.54, 1.807) is 0 Å². The van der Waals surface area contributed by atoms with Gasteiger partial charge in [-0.25, -0.2) is 0 Å². The molecule has 0 spiro atoms. The van der Waals surface area contributed by atoms with Crippen molar-refractivity contribution >= 4 is 5.97 Å². The van der Waals surface area contributed by atoms with Crippen LogP contribution in [0.25, 0.3) is 0 Å². The molecule has 1 fully saturated rings. The number of hydrogen-bond donors (Lipinski definition) is 1. The zero-order valence-corrected chi connectivity index (χ0v) is 10.1. The lowest BCUT2D eigenvalue weighted by Crippen LogP contribution is -2.23. The van der Waals surface area contributed by atoms with E-state index in [0.29, 0.717) is 6.42 Å². The van der Waals surface area contributed by atoms with E-state index in [1.165, 1.54) is 6.42 Å². The Kier molecular flexibility index (Phi) is 4.58. The van der Waals surface area contributed by atoms with Gasteiger partial charge in [0, 0.05) is 6.42 Å². The number of carbonyl (C=O) groups excluding carboxylic acids is 1. The SMILES string of the molecule is CC(C)(C)OC(=O)CCC[C@H]1CCNC1. The van der Waals surface area contributed by atoms with Gasteiger partial charge in [0.25, 0.3) is 0 Å². The van der Waals surface area contributed by atoms with Gasteiger partial charge in [-0.2, -0.15) is 0 Å². The van der Waals surface area contributed by atoms with E-state index < -0.39 is 0 Å². The predicted molar refractivity (Wildman–Crippen MR) is 60.7 cm³/mol. The molecule has 1 saturated heterocycles. The van der Waals surface area contributed by atoms with Crippen LogP contribution < -0.4 is 5.32 Å². The maximum Gasteiger partial charge on any atom is 0.306 e. The van der Waals surface area contributed by atoms with Crippen molar-refractivity contribution in [3.63, 3.8) is 0 Å². The minimum atomic E-state index is -0.341. The van der Waals surface area contributed by atoms with Gasteiger partial charge in [0.15, 0.2) is 0 Å². The smallest absolute Gasteiger partial charge is 0.306 e. The number of nitrogens with one attached hydrogen (secondary N) is 1. The van der Waals surface area contributed by atoms with Crippen LogP contribution in [-0.4, -0.2) is 24.7 Å². The largest absolute Gasteiger partial charge is 0.460 e.